The van der Waals surface area contributed by atoms with Crippen molar-refractivity contribution < 1.29 is 9.15 Å². The van der Waals surface area contributed by atoms with Crippen molar-refractivity contribution in [3.8, 4) is 5.75 Å². The summed E-state index contributed by atoms with van der Waals surface area (Å²) < 4.78 is 12.4. The van der Waals surface area contributed by atoms with Gasteiger partial charge in [0, 0.05) is 18.7 Å². The van der Waals surface area contributed by atoms with E-state index in [0.29, 0.717) is 0 Å². The van der Waals surface area contributed by atoms with Crippen LogP contribution in [0.25, 0.3) is 0 Å². The lowest BCUT2D eigenvalue weighted by atomic mass is 10.1. The fourth-order valence-electron chi connectivity index (χ4n) is 2.00. The molecule has 0 radical (unpaired) electrons. The van der Waals surface area contributed by atoms with Gasteiger partial charge in [0.1, 0.15) is 11.5 Å². The van der Waals surface area contributed by atoms with Crippen molar-refractivity contribution in [1.82, 2.24) is 5.32 Å². The van der Waals surface area contributed by atoms with Gasteiger partial charge >= 0.3 is 0 Å². The maximum atomic E-state index is 5.97. The number of halogens is 1. The van der Waals surface area contributed by atoms with Crippen LogP contribution in [-0.4, -0.2) is 6.54 Å². The average Bonchev–Trinajstić information content (AvgIpc) is 2.81. The van der Waals surface area contributed by atoms with Crippen molar-refractivity contribution in [2.75, 3.05) is 6.54 Å². The molecule has 0 amide bonds. The van der Waals surface area contributed by atoms with Gasteiger partial charge in [0.25, 0.3) is 0 Å². The monoisotopic (exact) mass is 293 g/mol. The number of furan rings is 1. The summed E-state index contributed by atoms with van der Waals surface area (Å²) >= 11 is 3.48. The van der Waals surface area contributed by atoms with Gasteiger partial charge in [-0.2, -0.15) is 0 Å². The third-order valence-corrected chi connectivity index (χ3v) is 3.48. The molecule has 4 heteroatoms. The number of hydrogen-bond acceptors (Lipinski definition) is 3. The van der Waals surface area contributed by atoms with Crippen molar-refractivity contribution in [1.29, 1.82) is 0 Å². The van der Waals surface area contributed by atoms with Crippen molar-refractivity contribution in [2.24, 2.45) is 0 Å². The molecular weight excluding hydrogens is 282 g/mol. The number of nitrogens with one attached hydrogen (secondary N) is 1. The highest BCUT2D eigenvalue weighted by molar-refractivity contribution is 9.10. The van der Waals surface area contributed by atoms with Crippen LogP contribution in [-0.2, 0) is 6.54 Å². The van der Waals surface area contributed by atoms with Gasteiger partial charge in [-0.05, 0) is 34.1 Å². The lowest BCUT2D eigenvalue weighted by molar-refractivity contribution is 0.161. The van der Waals surface area contributed by atoms with E-state index in [2.05, 4.69) is 21.2 Å². The predicted molar refractivity (Wildman–Crippen MR) is 67.9 cm³/mol. The van der Waals surface area contributed by atoms with Gasteiger partial charge in [0.2, 0.25) is 0 Å². The van der Waals surface area contributed by atoms with Crippen molar-refractivity contribution in [2.45, 2.75) is 12.6 Å². The third kappa shape index (κ3) is 2.10. The summed E-state index contributed by atoms with van der Waals surface area (Å²) in [5, 5.41) is 3.32. The minimum atomic E-state index is -0.0625. The maximum Gasteiger partial charge on any atom is 0.169 e. The molecule has 1 aromatic carbocycles. The molecule has 1 unspecified atom stereocenters. The molecule has 17 heavy (non-hydrogen) atoms. The van der Waals surface area contributed by atoms with Crippen LogP contribution >= 0.6 is 15.9 Å². The molecule has 0 saturated carbocycles. The van der Waals surface area contributed by atoms with Gasteiger partial charge < -0.3 is 14.5 Å². The Hall–Kier alpha value is -1.26. The Morgan fingerprint density at radius 1 is 1.29 bits per heavy atom. The van der Waals surface area contributed by atoms with Gasteiger partial charge in [-0.25, -0.2) is 0 Å². The average molecular weight is 294 g/mol. The lowest BCUT2D eigenvalue weighted by Gasteiger charge is -2.23. The first-order chi connectivity index (χ1) is 8.34. The molecule has 0 bridgehead atoms. The van der Waals surface area contributed by atoms with Crippen LogP contribution in [0.2, 0.25) is 0 Å². The van der Waals surface area contributed by atoms with E-state index in [-0.39, 0.29) is 6.10 Å². The number of para-hydroxylation sites is 1. The Labute approximate surface area is 108 Å². The molecule has 1 aliphatic heterocycles. The normalized spacial score (nSPS) is 18.8. The zero-order valence-corrected chi connectivity index (χ0v) is 10.7. The smallest absolute Gasteiger partial charge is 0.169 e. The zero-order valence-electron chi connectivity index (χ0n) is 9.15. The van der Waals surface area contributed by atoms with Crippen LogP contribution in [0.1, 0.15) is 17.4 Å². The van der Waals surface area contributed by atoms with E-state index in [0.717, 1.165) is 29.1 Å². The highest BCUT2D eigenvalue weighted by atomic mass is 79.9. The highest BCUT2D eigenvalue weighted by Crippen LogP contribution is 2.31. The minimum Gasteiger partial charge on any atom is -0.480 e. The topological polar surface area (TPSA) is 34.4 Å². The van der Waals surface area contributed by atoms with E-state index in [1.54, 1.807) is 6.26 Å². The highest BCUT2D eigenvalue weighted by Gasteiger charge is 2.25. The van der Waals surface area contributed by atoms with E-state index in [1.165, 1.54) is 5.56 Å². The SMILES string of the molecule is Brc1ccccc1OC1CNCc2ccoc21. The molecule has 0 fully saturated rings. The standard InChI is InChI=1S/C13H12BrNO2/c14-10-3-1-2-4-11(10)17-12-8-15-7-9-5-6-16-13(9)12/h1-6,12,15H,7-8H2. The van der Waals surface area contributed by atoms with E-state index in [9.17, 15) is 0 Å². The van der Waals surface area contributed by atoms with Crippen LogP contribution in [0.3, 0.4) is 0 Å². The number of benzene rings is 1. The van der Waals surface area contributed by atoms with Gasteiger partial charge in [-0.1, -0.05) is 12.1 Å². The molecule has 2 heterocycles. The molecular formula is C13H12BrNO2. The minimum absolute atomic E-state index is 0.0625. The predicted octanol–water partition coefficient (Wildman–Crippen LogP) is 3.27. The Kier molecular flexibility index (Phi) is 2.91. The Morgan fingerprint density at radius 3 is 3.06 bits per heavy atom. The van der Waals surface area contributed by atoms with E-state index < -0.39 is 0 Å². The van der Waals surface area contributed by atoms with Crippen LogP contribution < -0.4 is 10.1 Å². The van der Waals surface area contributed by atoms with Crippen LogP contribution in [0.15, 0.2) is 45.5 Å². The van der Waals surface area contributed by atoms with Crippen molar-refractivity contribution >= 4 is 15.9 Å². The first-order valence-electron chi connectivity index (χ1n) is 5.53. The molecule has 3 nitrogen and oxygen atoms in total. The second kappa shape index (κ2) is 4.55. The number of ether oxygens (including phenoxy) is 1. The zero-order chi connectivity index (χ0) is 11.7. The largest absolute Gasteiger partial charge is 0.480 e. The van der Waals surface area contributed by atoms with Crippen LogP contribution in [0, 0.1) is 0 Å². The molecule has 1 N–H and O–H groups in total. The van der Waals surface area contributed by atoms with Crippen molar-refractivity contribution in [3.05, 3.63) is 52.4 Å². The van der Waals surface area contributed by atoms with Gasteiger partial charge in [-0.15, -0.1) is 0 Å². The van der Waals surface area contributed by atoms with Gasteiger partial charge in [-0.3, -0.25) is 0 Å². The molecule has 1 aromatic heterocycles. The first kappa shape index (κ1) is 10.9. The lowest BCUT2D eigenvalue weighted by Crippen LogP contribution is -2.30. The summed E-state index contributed by atoms with van der Waals surface area (Å²) in [6.45, 7) is 1.61. The Bertz CT molecular complexity index is 524. The van der Waals surface area contributed by atoms with E-state index in [1.807, 2.05) is 30.3 Å². The van der Waals surface area contributed by atoms with Crippen LogP contribution in [0.4, 0.5) is 0 Å². The number of rotatable bonds is 2. The van der Waals surface area contributed by atoms with Gasteiger partial charge in [0.05, 0.1) is 10.7 Å². The fraction of sp³-hybridized carbons (Fsp3) is 0.231. The molecule has 0 spiro atoms. The Morgan fingerprint density at radius 2 is 2.18 bits per heavy atom. The second-order valence-electron chi connectivity index (χ2n) is 3.98. The van der Waals surface area contributed by atoms with E-state index >= 15 is 0 Å². The summed E-state index contributed by atoms with van der Waals surface area (Å²) in [4.78, 5) is 0. The summed E-state index contributed by atoms with van der Waals surface area (Å²) in [6.07, 6.45) is 1.65. The maximum absolute atomic E-state index is 5.97. The fourth-order valence-corrected chi connectivity index (χ4v) is 2.37. The molecule has 2 aromatic rings. The number of fused-ring (bicyclic) bond motifs is 1. The molecule has 0 saturated heterocycles. The molecule has 88 valence electrons. The third-order valence-electron chi connectivity index (χ3n) is 2.82. The molecule has 1 aliphatic rings. The van der Waals surface area contributed by atoms with Crippen molar-refractivity contribution in [3.63, 3.8) is 0 Å². The number of hydrogen-bond donors (Lipinski definition) is 1. The van der Waals surface area contributed by atoms with Gasteiger partial charge in [0.15, 0.2) is 6.10 Å². The first-order valence-corrected chi connectivity index (χ1v) is 6.32. The Balaban J connectivity index is 1.86. The summed E-state index contributed by atoms with van der Waals surface area (Å²) in [7, 11) is 0. The second-order valence-corrected chi connectivity index (χ2v) is 4.83. The summed E-state index contributed by atoms with van der Waals surface area (Å²) in [5.74, 6) is 1.77. The quantitative estimate of drug-likeness (QED) is 0.923. The summed E-state index contributed by atoms with van der Waals surface area (Å²) in [5.41, 5.74) is 1.17. The van der Waals surface area contributed by atoms with Crippen LogP contribution in [0.5, 0.6) is 5.75 Å². The van der Waals surface area contributed by atoms with E-state index in [4.69, 9.17) is 9.15 Å². The molecule has 1 atom stereocenters. The molecule has 0 aliphatic carbocycles. The summed E-state index contributed by atoms with van der Waals surface area (Å²) in [6, 6.07) is 9.82. The molecule has 3 rings (SSSR count).